The van der Waals surface area contributed by atoms with Crippen LogP contribution in [-0.4, -0.2) is 28.7 Å². The van der Waals surface area contributed by atoms with Crippen molar-refractivity contribution in [3.8, 4) is 5.75 Å². The van der Waals surface area contributed by atoms with Gasteiger partial charge in [-0.2, -0.15) is 0 Å². The molecular weight excluding hydrogens is 606 g/mol. The van der Waals surface area contributed by atoms with E-state index in [0.717, 1.165) is 22.1 Å². The van der Waals surface area contributed by atoms with Crippen molar-refractivity contribution >= 4 is 58.2 Å². The molecule has 0 radical (unpaired) electrons. The number of allylic oxidation sites excluding steroid dienone is 2. The van der Waals surface area contributed by atoms with Gasteiger partial charge in [-0.1, -0.05) is 59.1 Å². The lowest BCUT2D eigenvalue weighted by atomic mass is 9.51. The molecule has 2 aliphatic heterocycles. The highest BCUT2D eigenvalue weighted by molar-refractivity contribution is 6.32. The standard InChI is InChI=1S/C34H27Cl2FN2O5/c1-16-7-8-17(13-24(16)35)38-30(41)21-11-10-19-22(28(21)32(38)43)15-23-31(42)39(18-9-12-26(37)25(36)14-18)33(44)34(23,2)29(19)20-5-3-4-6-27(20)40/h3-10,12-14,21-23,28-29,40H,11,15H2,1-2H3/t21-,22+,23-,28-,29+,34+/m0/s1. The molecule has 0 unspecified atom stereocenters. The van der Waals surface area contributed by atoms with Gasteiger partial charge in [0.1, 0.15) is 11.6 Å². The minimum atomic E-state index is -1.35. The van der Waals surface area contributed by atoms with Crippen LogP contribution in [0.5, 0.6) is 5.75 Å². The van der Waals surface area contributed by atoms with Crippen LogP contribution in [-0.2, 0) is 19.2 Å². The zero-order chi connectivity index (χ0) is 31.2. The first kappa shape index (κ1) is 28.7. The van der Waals surface area contributed by atoms with Crippen LogP contribution in [0.3, 0.4) is 0 Å². The highest BCUT2D eigenvalue weighted by Crippen LogP contribution is 2.64. The summed E-state index contributed by atoms with van der Waals surface area (Å²) in [6.07, 6.45) is 2.32. The van der Waals surface area contributed by atoms with Gasteiger partial charge >= 0.3 is 0 Å². The maximum absolute atomic E-state index is 14.4. The molecule has 2 heterocycles. The summed E-state index contributed by atoms with van der Waals surface area (Å²) < 4.78 is 14.0. The second kappa shape index (κ2) is 10.0. The van der Waals surface area contributed by atoms with Crippen molar-refractivity contribution in [1.29, 1.82) is 0 Å². The van der Waals surface area contributed by atoms with Crippen LogP contribution in [0.2, 0.25) is 10.0 Å². The first-order chi connectivity index (χ1) is 20.9. The topological polar surface area (TPSA) is 95.0 Å². The van der Waals surface area contributed by atoms with Crippen molar-refractivity contribution in [3.63, 3.8) is 0 Å². The van der Waals surface area contributed by atoms with Crippen LogP contribution in [0.1, 0.15) is 36.8 Å². The third-order valence-electron chi connectivity index (χ3n) is 10.1. The summed E-state index contributed by atoms with van der Waals surface area (Å²) >= 11 is 12.4. The number of benzene rings is 3. The second-order valence-electron chi connectivity index (χ2n) is 12.3. The molecule has 6 atom stereocenters. The van der Waals surface area contributed by atoms with Gasteiger partial charge in [-0.15, -0.1) is 0 Å². The first-order valence-corrected chi connectivity index (χ1v) is 15.2. The molecule has 7 rings (SSSR count). The number of aryl methyl sites for hydroxylation is 1. The van der Waals surface area contributed by atoms with Gasteiger partial charge in [-0.3, -0.25) is 19.2 Å². The Morgan fingerprint density at radius 1 is 0.864 bits per heavy atom. The SMILES string of the molecule is Cc1ccc(N2C(=O)[C@H]3[C@H](CC=C4[C@H]3C[C@H]3C(=O)N(c5ccc(F)c(Cl)c5)C(=O)[C@@]3(C)[C@H]4c3ccccc3O)C2=O)cc1Cl. The Morgan fingerprint density at radius 2 is 1.55 bits per heavy atom. The van der Waals surface area contributed by atoms with Crippen LogP contribution >= 0.6 is 23.2 Å². The van der Waals surface area contributed by atoms with E-state index in [2.05, 4.69) is 0 Å². The Morgan fingerprint density at radius 3 is 2.25 bits per heavy atom. The van der Waals surface area contributed by atoms with Crippen molar-refractivity contribution in [2.75, 3.05) is 9.80 Å². The van der Waals surface area contributed by atoms with Crippen molar-refractivity contribution in [2.45, 2.75) is 32.6 Å². The second-order valence-corrected chi connectivity index (χ2v) is 13.1. The van der Waals surface area contributed by atoms with E-state index in [1.54, 1.807) is 43.3 Å². The number of aromatic hydroxyl groups is 1. The summed E-state index contributed by atoms with van der Waals surface area (Å²) in [7, 11) is 0. The molecule has 1 saturated carbocycles. The molecule has 4 aliphatic rings. The molecule has 3 aromatic rings. The Hall–Kier alpha value is -4.01. The lowest BCUT2D eigenvalue weighted by molar-refractivity contribution is -0.131. The fraction of sp³-hybridized carbons (Fsp3) is 0.294. The Labute approximate surface area is 262 Å². The molecule has 44 heavy (non-hydrogen) atoms. The van der Waals surface area contributed by atoms with Gasteiger partial charge < -0.3 is 5.11 Å². The molecule has 0 aromatic heterocycles. The summed E-state index contributed by atoms with van der Waals surface area (Å²) in [5, 5.41) is 11.3. The maximum atomic E-state index is 14.4. The zero-order valence-electron chi connectivity index (χ0n) is 23.8. The van der Waals surface area contributed by atoms with Crippen LogP contribution in [0.4, 0.5) is 15.8 Å². The van der Waals surface area contributed by atoms with Crippen molar-refractivity contribution in [1.82, 2.24) is 0 Å². The van der Waals surface area contributed by atoms with Crippen LogP contribution < -0.4 is 9.80 Å². The lowest BCUT2D eigenvalue weighted by Gasteiger charge is -2.49. The number of para-hydroxylation sites is 1. The number of phenolic OH excluding ortho intramolecular Hbond substituents is 1. The van der Waals surface area contributed by atoms with E-state index in [-0.39, 0.29) is 41.1 Å². The largest absolute Gasteiger partial charge is 0.508 e. The number of halogens is 3. The predicted molar refractivity (Wildman–Crippen MR) is 163 cm³/mol. The quantitative estimate of drug-likeness (QED) is 0.260. The summed E-state index contributed by atoms with van der Waals surface area (Å²) in [4.78, 5) is 58.7. The molecule has 10 heteroatoms. The third kappa shape index (κ3) is 3.86. The number of rotatable bonds is 3. The van der Waals surface area contributed by atoms with E-state index in [9.17, 15) is 28.7 Å². The highest BCUT2D eigenvalue weighted by Gasteiger charge is 2.68. The number of anilines is 2. The smallest absolute Gasteiger partial charge is 0.241 e. The molecule has 224 valence electrons. The highest BCUT2D eigenvalue weighted by atomic mass is 35.5. The van der Waals surface area contributed by atoms with Gasteiger partial charge in [0.05, 0.1) is 39.6 Å². The predicted octanol–water partition coefficient (Wildman–Crippen LogP) is 6.58. The van der Waals surface area contributed by atoms with E-state index in [0.29, 0.717) is 16.3 Å². The fourth-order valence-corrected chi connectivity index (χ4v) is 8.29. The Bertz CT molecular complexity index is 1840. The Kier molecular flexibility index (Phi) is 6.54. The van der Waals surface area contributed by atoms with Crippen molar-refractivity contribution in [3.05, 3.63) is 99.3 Å². The van der Waals surface area contributed by atoms with Crippen molar-refractivity contribution in [2.24, 2.45) is 29.1 Å². The number of hydrogen-bond acceptors (Lipinski definition) is 5. The van der Waals surface area contributed by atoms with Gasteiger partial charge in [-0.05, 0) is 74.6 Å². The summed E-state index contributed by atoms with van der Waals surface area (Å²) in [6, 6.07) is 15.4. The maximum Gasteiger partial charge on any atom is 0.241 e. The normalized spacial score (nSPS) is 29.5. The summed E-state index contributed by atoms with van der Waals surface area (Å²) in [5.41, 5.74) is 1.19. The fourth-order valence-electron chi connectivity index (χ4n) is 7.94. The average molecular weight is 634 g/mol. The molecule has 3 aromatic carbocycles. The summed E-state index contributed by atoms with van der Waals surface area (Å²) in [6.45, 7) is 3.54. The number of carbonyl (C=O) groups excluding carboxylic acids is 4. The lowest BCUT2D eigenvalue weighted by Crippen LogP contribution is -2.48. The van der Waals surface area contributed by atoms with Gasteiger partial charge in [-0.25, -0.2) is 14.2 Å². The molecule has 7 nitrogen and oxygen atoms in total. The van der Waals surface area contributed by atoms with Crippen molar-refractivity contribution < 1.29 is 28.7 Å². The van der Waals surface area contributed by atoms with Crippen LogP contribution in [0.15, 0.2) is 72.3 Å². The molecule has 0 bridgehead atoms. The van der Waals surface area contributed by atoms with Gasteiger partial charge in [0.15, 0.2) is 0 Å². The van der Waals surface area contributed by atoms with Gasteiger partial charge in [0, 0.05) is 16.5 Å². The van der Waals surface area contributed by atoms with Crippen LogP contribution in [0, 0.1) is 41.8 Å². The average Bonchev–Trinajstić information content (AvgIpc) is 3.36. The monoisotopic (exact) mass is 632 g/mol. The number of carbonyl (C=O) groups is 4. The number of phenols is 1. The van der Waals surface area contributed by atoms with E-state index in [1.165, 1.54) is 23.1 Å². The van der Waals surface area contributed by atoms with Gasteiger partial charge in [0.25, 0.3) is 0 Å². The molecule has 3 fully saturated rings. The van der Waals surface area contributed by atoms with Gasteiger partial charge in [0.2, 0.25) is 23.6 Å². The van der Waals surface area contributed by atoms with E-state index < -0.39 is 52.6 Å². The van der Waals surface area contributed by atoms with E-state index in [4.69, 9.17) is 23.2 Å². The molecule has 2 aliphatic carbocycles. The third-order valence-corrected chi connectivity index (χ3v) is 10.8. The molecule has 4 amide bonds. The molecular formula is C34H27Cl2FN2O5. The number of hydrogen-bond donors (Lipinski definition) is 1. The van der Waals surface area contributed by atoms with Crippen LogP contribution in [0.25, 0.3) is 0 Å². The number of amides is 4. The molecule has 2 saturated heterocycles. The zero-order valence-corrected chi connectivity index (χ0v) is 25.3. The Balaban J connectivity index is 1.36. The minimum Gasteiger partial charge on any atom is -0.508 e. The number of fused-ring (bicyclic) bond motifs is 4. The number of nitrogens with zero attached hydrogens (tertiary/aromatic N) is 2. The molecule has 1 N–H and O–H groups in total. The minimum absolute atomic E-state index is 0.0468. The molecule has 0 spiro atoms. The number of imide groups is 2. The van der Waals surface area contributed by atoms with E-state index in [1.807, 2.05) is 13.0 Å². The first-order valence-electron chi connectivity index (χ1n) is 14.4. The van der Waals surface area contributed by atoms with E-state index >= 15 is 0 Å². The summed E-state index contributed by atoms with van der Waals surface area (Å²) in [5.74, 6) is -6.07.